The van der Waals surface area contributed by atoms with Gasteiger partial charge in [-0.15, -0.1) is 0 Å². The van der Waals surface area contributed by atoms with Gasteiger partial charge in [0.2, 0.25) is 5.88 Å². The fourth-order valence-electron chi connectivity index (χ4n) is 2.77. The average molecular weight is 410 g/mol. The molecule has 1 aliphatic carbocycles. The number of aromatic nitrogens is 1. The maximum absolute atomic E-state index is 12.2. The Morgan fingerprint density at radius 1 is 1.37 bits per heavy atom. The second-order valence-electron chi connectivity index (χ2n) is 6.95. The van der Waals surface area contributed by atoms with Crippen molar-refractivity contribution < 1.29 is 32.2 Å². The van der Waals surface area contributed by atoms with Crippen LogP contribution in [0.5, 0.6) is 11.6 Å². The molecule has 5 nitrogen and oxygen atoms in total. The zero-order chi connectivity index (χ0) is 20.0. The van der Waals surface area contributed by atoms with Crippen molar-refractivity contribution in [3.8, 4) is 11.6 Å². The van der Waals surface area contributed by atoms with Gasteiger partial charge in [0.1, 0.15) is 16.6 Å². The molecule has 0 unspecified atom stereocenters. The standard InChI is InChI=1S/C18H23ClF3NO4/c1-11(5-12(2)24)8-25-14-6-13(7-14)9-26-17-16(19)15(3-4-23-17)27-10-18(20,21)22/h3-4,11,13-14H,5-10H2,1-2H3/t11-,13?,14?/m1/s1. The molecule has 0 N–H and O–H groups in total. The van der Waals surface area contributed by atoms with Crippen molar-refractivity contribution in [2.45, 2.75) is 45.4 Å². The Hall–Kier alpha value is -1.54. The van der Waals surface area contributed by atoms with Crippen LogP contribution >= 0.6 is 11.6 Å². The number of hydrogen-bond acceptors (Lipinski definition) is 5. The molecular weight excluding hydrogens is 387 g/mol. The molecule has 0 radical (unpaired) electrons. The number of carbonyl (C=O) groups is 1. The topological polar surface area (TPSA) is 57.7 Å². The van der Waals surface area contributed by atoms with Gasteiger partial charge in [-0.1, -0.05) is 18.5 Å². The summed E-state index contributed by atoms with van der Waals surface area (Å²) in [7, 11) is 0. The van der Waals surface area contributed by atoms with Gasteiger partial charge in [-0.3, -0.25) is 0 Å². The van der Waals surface area contributed by atoms with Crippen molar-refractivity contribution in [3.05, 3.63) is 17.3 Å². The normalized spacial score (nSPS) is 20.7. The highest BCUT2D eigenvalue weighted by Crippen LogP contribution is 2.35. The van der Waals surface area contributed by atoms with Crippen molar-refractivity contribution in [2.24, 2.45) is 11.8 Å². The fourth-order valence-corrected chi connectivity index (χ4v) is 2.99. The Bertz CT molecular complexity index is 636. The van der Waals surface area contributed by atoms with Gasteiger partial charge in [-0.05, 0) is 31.6 Å². The zero-order valence-corrected chi connectivity index (χ0v) is 16.0. The summed E-state index contributed by atoms with van der Waals surface area (Å²) < 4.78 is 52.7. The first-order valence-electron chi connectivity index (χ1n) is 8.72. The molecule has 0 aliphatic heterocycles. The van der Waals surface area contributed by atoms with E-state index >= 15 is 0 Å². The van der Waals surface area contributed by atoms with E-state index in [1.807, 2.05) is 6.92 Å². The molecule has 0 bridgehead atoms. The molecule has 27 heavy (non-hydrogen) atoms. The number of carbonyl (C=O) groups excluding carboxylic acids is 1. The Morgan fingerprint density at radius 2 is 2.07 bits per heavy atom. The van der Waals surface area contributed by atoms with Gasteiger partial charge in [-0.25, -0.2) is 4.98 Å². The molecule has 1 saturated carbocycles. The lowest BCUT2D eigenvalue weighted by molar-refractivity contribution is -0.153. The third-order valence-electron chi connectivity index (χ3n) is 4.11. The number of ketones is 1. The molecule has 0 amide bonds. The first kappa shape index (κ1) is 21.8. The van der Waals surface area contributed by atoms with Crippen molar-refractivity contribution in [2.75, 3.05) is 19.8 Å². The fraction of sp³-hybridized carbons (Fsp3) is 0.667. The molecular formula is C18H23ClF3NO4. The van der Waals surface area contributed by atoms with Crippen LogP contribution < -0.4 is 9.47 Å². The van der Waals surface area contributed by atoms with E-state index in [4.69, 9.17) is 21.1 Å². The van der Waals surface area contributed by atoms with Crippen molar-refractivity contribution in [3.63, 3.8) is 0 Å². The number of rotatable bonds is 10. The maximum atomic E-state index is 12.2. The van der Waals surface area contributed by atoms with E-state index in [-0.39, 0.29) is 40.4 Å². The molecule has 0 spiro atoms. The van der Waals surface area contributed by atoms with Crippen LogP contribution in [-0.4, -0.2) is 42.9 Å². The zero-order valence-electron chi connectivity index (χ0n) is 15.2. The van der Waals surface area contributed by atoms with Crippen molar-refractivity contribution in [1.82, 2.24) is 4.98 Å². The molecule has 0 saturated heterocycles. The molecule has 1 atom stereocenters. The Morgan fingerprint density at radius 3 is 2.70 bits per heavy atom. The highest BCUT2D eigenvalue weighted by molar-refractivity contribution is 6.33. The lowest BCUT2D eigenvalue weighted by Crippen LogP contribution is -2.36. The SMILES string of the molecule is CC(=O)C[C@@H](C)COC1CC(COc2nccc(OCC(F)(F)F)c2Cl)C1. The number of pyridine rings is 1. The number of nitrogens with zero attached hydrogens (tertiary/aromatic N) is 1. The van der Waals surface area contributed by atoms with Gasteiger partial charge >= 0.3 is 6.18 Å². The molecule has 1 aliphatic rings. The summed E-state index contributed by atoms with van der Waals surface area (Å²) in [5, 5.41) is -0.0769. The van der Waals surface area contributed by atoms with Crippen molar-refractivity contribution in [1.29, 1.82) is 0 Å². The Kier molecular flexibility index (Phi) is 7.73. The van der Waals surface area contributed by atoms with Gasteiger partial charge in [0.15, 0.2) is 6.61 Å². The van der Waals surface area contributed by atoms with Gasteiger partial charge in [0.25, 0.3) is 0 Å². The predicted octanol–water partition coefficient (Wildman–Crippen LogP) is 4.47. The number of halogens is 4. The molecule has 1 fully saturated rings. The van der Waals surface area contributed by atoms with Gasteiger partial charge in [0.05, 0.1) is 12.7 Å². The number of alkyl halides is 3. The third kappa shape index (κ3) is 7.54. The number of Topliss-reactive ketones (excluding diaryl/α,β-unsaturated/α-hetero) is 1. The first-order valence-corrected chi connectivity index (χ1v) is 9.09. The highest BCUT2D eigenvalue weighted by atomic mass is 35.5. The second kappa shape index (κ2) is 9.59. The van der Waals surface area contributed by atoms with Crippen molar-refractivity contribution >= 4 is 17.4 Å². The van der Waals surface area contributed by atoms with Gasteiger partial charge in [0, 0.05) is 25.3 Å². The first-order chi connectivity index (χ1) is 12.6. The Balaban J connectivity index is 1.71. The minimum absolute atomic E-state index is 0.0517. The summed E-state index contributed by atoms with van der Waals surface area (Å²) in [5.74, 6) is 0.539. The summed E-state index contributed by atoms with van der Waals surface area (Å²) >= 11 is 6.00. The predicted molar refractivity (Wildman–Crippen MR) is 93.2 cm³/mol. The van der Waals surface area contributed by atoms with Crippen LogP contribution in [0.2, 0.25) is 5.02 Å². The summed E-state index contributed by atoms with van der Waals surface area (Å²) in [4.78, 5) is 15.0. The molecule has 0 aromatic carbocycles. The van der Waals surface area contributed by atoms with Crippen LogP contribution in [0, 0.1) is 11.8 Å². The van der Waals surface area contributed by atoms with Crippen LogP contribution in [0.4, 0.5) is 13.2 Å². The Labute approximate surface area is 161 Å². The summed E-state index contributed by atoms with van der Waals surface area (Å²) in [6.07, 6.45) is -0.885. The third-order valence-corrected chi connectivity index (χ3v) is 4.46. The molecule has 2 rings (SSSR count). The largest absolute Gasteiger partial charge is 0.482 e. The average Bonchev–Trinajstić information content (AvgIpc) is 2.51. The van der Waals surface area contributed by atoms with E-state index in [9.17, 15) is 18.0 Å². The number of hydrogen-bond donors (Lipinski definition) is 0. The van der Waals surface area contributed by atoms with E-state index in [1.54, 1.807) is 6.92 Å². The number of ether oxygens (including phenoxy) is 3. The van der Waals surface area contributed by atoms with Crippen LogP contribution in [0.15, 0.2) is 12.3 Å². The van der Waals surface area contributed by atoms with E-state index in [2.05, 4.69) is 9.72 Å². The van der Waals surface area contributed by atoms with E-state index in [0.29, 0.717) is 19.6 Å². The monoisotopic (exact) mass is 409 g/mol. The van der Waals surface area contributed by atoms with Gasteiger partial charge in [-0.2, -0.15) is 13.2 Å². The van der Waals surface area contributed by atoms with Crippen LogP contribution in [-0.2, 0) is 9.53 Å². The van der Waals surface area contributed by atoms with Crippen LogP contribution in [0.3, 0.4) is 0 Å². The smallest absolute Gasteiger partial charge is 0.422 e. The maximum Gasteiger partial charge on any atom is 0.422 e. The lowest BCUT2D eigenvalue weighted by Gasteiger charge is -2.35. The second-order valence-corrected chi connectivity index (χ2v) is 7.33. The van der Waals surface area contributed by atoms with Gasteiger partial charge < -0.3 is 19.0 Å². The quantitative estimate of drug-likeness (QED) is 0.570. The summed E-state index contributed by atoms with van der Waals surface area (Å²) in [6, 6.07) is 1.26. The van der Waals surface area contributed by atoms with Crippen LogP contribution in [0.25, 0.3) is 0 Å². The van der Waals surface area contributed by atoms with Crippen LogP contribution in [0.1, 0.15) is 33.1 Å². The summed E-state index contributed by atoms with van der Waals surface area (Å²) in [6.45, 7) is 3.00. The molecule has 1 aromatic rings. The van der Waals surface area contributed by atoms with E-state index < -0.39 is 12.8 Å². The minimum atomic E-state index is -4.45. The van der Waals surface area contributed by atoms with E-state index in [1.165, 1.54) is 12.3 Å². The minimum Gasteiger partial charge on any atom is -0.482 e. The lowest BCUT2D eigenvalue weighted by atomic mass is 9.83. The molecule has 9 heteroatoms. The van der Waals surface area contributed by atoms with E-state index in [0.717, 1.165) is 12.8 Å². The highest BCUT2D eigenvalue weighted by Gasteiger charge is 2.32. The molecule has 1 aromatic heterocycles. The molecule has 152 valence electrons. The summed E-state index contributed by atoms with van der Waals surface area (Å²) in [5.41, 5.74) is 0. The molecule has 1 heterocycles.